The van der Waals surface area contributed by atoms with E-state index in [0.29, 0.717) is 6.04 Å². The number of hydrogen-bond acceptors (Lipinski definition) is 2. The molecule has 0 spiro atoms. The lowest BCUT2D eigenvalue weighted by Crippen LogP contribution is -2.50. The van der Waals surface area contributed by atoms with Gasteiger partial charge in [0.2, 0.25) is 0 Å². The van der Waals surface area contributed by atoms with Crippen LogP contribution in [0.5, 0.6) is 0 Å². The summed E-state index contributed by atoms with van der Waals surface area (Å²) in [5, 5.41) is 1.53. The number of benzene rings is 1. The van der Waals surface area contributed by atoms with Gasteiger partial charge in [-0.05, 0) is 60.9 Å². The first-order chi connectivity index (χ1) is 10.8. The van der Waals surface area contributed by atoms with Crippen LogP contribution in [-0.2, 0) is 6.42 Å². The fourth-order valence-electron chi connectivity index (χ4n) is 4.80. The molecule has 0 radical (unpaired) electrons. The molecule has 1 N–H and O–H groups in total. The van der Waals surface area contributed by atoms with Crippen LogP contribution in [0.3, 0.4) is 0 Å². The first-order valence-corrected chi connectivity index (χ1v) is 10.0. The van der Waals surface area contributed by atoms with Gasteiger partial charge < -0.3 is 4.98 Å². The number of H-pyrrole nitrogens is 1. The molecule has 4 rings (SSSR count). The van der Waals surface area contributed by atoms with E-state index < -0.39 is 0 Å². The highest BCUT2D eigenvalue weighted by molar-refractivity contribution is 7.98. The topological polar surface area (TPSA) is 19.0 Å². The lowest BCUT2D eigenvalue weighted by Gasteiger charge is -2.47. The Morgan fingerprint density at radius 3 is 3.09 bits per heavy atom. The monoisotopic (exact) mass is 314 g/mol. The minimum Gasteiger partial charge on any atom is -0.361 e. The lowest BCUT2D eigenvalue weighted by atomic mass is 9.72. The molecule has 1 aliphatic carbocycles. The van der Waals surface area contributed by atoms with Gasteiger partial charge in [-0.3, -0.25) is 4.90 Å². The Bertz CT molecular complexity index is 662. The van der Waals surface area contributed by atoms with Crippen molar-refractivity contribution in [1.29, 1.82) is 0 Å². The van der Waals surface area contributed by atoms with E-state index in [0.717, 1.165) is 11.8 Å². The largest absolute Gasteiger partial charge is 0.361 e. The third-order valence-corrected chi connectivity index (χ3v) is 6.38. The second kappa shape index (κ2) is 5.93. The number of nitrogens with zero attached hydrogens (tertiary/aromatic N) is 1. The second-order valence-corrected chi connectivity index (χ2v) is 7.92. The molecular formula is C19H26N2S. The number of thioether (sulfide) groups is 1. The normalized spacial score (nSPS) is 28.0. The summed E-state index contributed by atoms with van der Waals surface area (Å²) >= 11 is 2.01. The van der Waals surface area contributed by atoms with Gasteiger partial charge in [0.05, 0.1) is 0 Å². The van der Waals surface area contributed by atoms with Gasteiger partial charge in [-0.15, -0.1) is 0 Å². The Kier molecular flexibility index (Phi) is 3.95. The van der Waals surface area contributed by atoms with Gasteiger partial charge in [0.25, 0.3) is 0 Å². The molecular weight excluding hydrogens is 288 g/mol. The summed E-state index contributed by atoms with van der Waals surface area (Å²) in [4.78, 5) is 6.29. The number of likely N-dealkylation sites (tertiary alicyclic amines) is 1. The summed E-state index contributed by atoms with van der Waals surface area (Å²) in [5.41, 5.74) is 4.48. The first-order valence-electron chi connectivity index (χ1n) is 8.63. The van der Waals surface area contributed by atoms with Crippen molar-refractivity contribution < 1.29 is 0 Å². The second-order valence-electron chi connectivity index (χ2n) is 7.01. The Hall–Kier alpha value is -0.930. The predicted molar refractivity (Wildman–Crippen MR) is 96.9 cm³/mol. The van der Waals surface area contributed by atoms with Crippen molar-refractivity contribution in [3.63, 3.8) is 0 Å². The lowest BCUT2D eigenvalue weighted by molar-refractivity contribution is 0.0926. The Labute approximate surface area is 137 Å². The highest BCUT2D eigenvalue weighted by atomic mass is 32.2. The molecule has 1 aliphatic heterocycles. The Morgan fingerprint density at radius 2 is 2.27 bits per heavy atom. The maximum Gasteiger partial charge on any atom is 0.0459 e. The number of fused-ring (bicyclic) bond motifs is 2. The van der Waals surface area contributed by atoms with Gasteiger partial charge in [0.15, 0.2) is 0 Å². The van der Waals surface area contributed by atoms with Crippen LogP contribution in [0.2, 0.25) is 0 Å². The molecule has 2 heterocycles. The fraction of sp³-hybridized carbons (Fsp3) is 0.579. The van der Waals surface area contributed by atoms with E-state index in [4.69, 9.17) is 0 Å². The molecule has 0 saturated carbocycles. The minimum absolute atomic E-state index is 0.715. The van der Waals surface area contributed by atoms with Crippen molar-refractivity contribution in [3.8, 4) is 0 Å². The van der Waals surface area contributed by atoms with E-state index in [1.54, 1.807) is 5.56 Å². The zero-order chi connectivity index (χ0) is 15.1. The van der Waals surface area contributed by atoms with E-state index in [-0.39, 0.29) is 0 Å². The highest BCUT2D eigenvalue weighted by Gasteiger charge is 2.40. The van der Waals surface area contributed by atoms with Crippen LogP contribution in [0.25, 0.3) is 10.9 Å². The fourth-order valence-corrected chi connectivity index (χ4v) is 5.51. The number of nitrogens with one attached hydrogen (secondary N) is 1. The molecule has 2 nitrogen and oxygen atoms in total. The van der Waals surface area contributed by atoms with Gasteiger partial charge in [-0.2, -0.15) is 11.8 Å². The summed E-state index contributed by atoms with van der Waals surface area (Å²) < 4.78 is 0. The zero-order valence-corrected chi connectivity index (χ0v) is 14.5. The molecule has 1 saturated heterocycles. The standard InChI is InChI=1S/C19H26N2S/c1-3-7-21-11-13(12-22-2)8-16-15-5-4-6-17-19(15)14(10-20-17)9-18(16)21/h4-6,10,13,16,18,20H,3,7-9,11-12H2,1-2H3/t13?,16-,18+/m0/s1. The predicted octanol–water partition coefficient (Wildman–Crippen LogP) is 4.27. The average Bonchev–Trinajstić information content (AvgIpc) is 2.94. The van der Waals surface area contributed by atoms with Crippen LogP contribution in [0.15, 0.2) is 24.4 Å². The maximum absolute atomic E-state index is 3.49. The van der Waals surface area contributed by atoms with Crippen molar-refractivity contribution in [2.75, 3.05) is 25.1 Å². The third kappa shape index (κ3) is 2.30. The van der Waals surface area contributed by atoms with Crippen LogP contribution in [0.4, 0.5) is 0 Å². The number of hydrogen-bond donors (Lipinski definition) is 1. The summed E-state index contributed by atoms with van der Waals surface area (Å²) in [6.07, 6.45) is 8.37. The SMILES string of the molecule is CCCN1CC(CSC)C[C@H]2c3cccc4[nH]cc(c34)C[C@H]21. The van der Waals surface area contributed by atoms with E-state index in [1.807, 2.05) is 11.8 Å². The Morgan fingerprint density at radius 1 is 1.36 bits per heavy atom. The van der Waals surface area contributed by atoms with Gasteiger partial charge >= 0.3 is 0 Å². The number of aromatic nitrogens is 1. The summed E-state index contributed by atoms with van der Waals surface area (Å²) in [6, 6.07) is 7.58. The summed E-state index contributed by atoms with van der Waals surface area (Å²) in [7, 11) is 0. The summed E-state index contributed by atoms with van der Waals surface area (Å²) in [5.74, 6) is 2.88. The maximum atomic E-state index is 3.49. The number of rotatable bonds is 4. The molecule has 2 aliphatic rings. The molecule has 1 fully saturated rings. The molecule has 0 bridgehead atoms. The van der Waals surface area contributed by atoms with Gasteiger partial charge in [0, 0.05) is 35.6 Å². The zero-order valence-electron chi connectivity index (χ0n) is 13.6. The van der Waals surface area contributed by atoms with E-state index in [2.05, 4.69) is 47.5 Å². The number of aromatic amines is 1. The quantitative estimate of drug-likeness (QED) is 0.909. The van der Waals surface area contributed by atoms with Gasteiger partial charge in [-0.1, -0.05) is 19.1 Å². The van der Waals surface area contributed by atoms with Gasteiger partial charge in [-0.25, -0.2) is 0 Å². The van der Waals surface area contributed by atoms with E-state index in [9.17, 15) is 0 Å². The minimum atomic E-state index is 0.715. The molecule has 22 heavy (non-hydrogen) atoms. The smallest absolute Gasteiger partial charge is 0.0459 e. The highest BCUT2D eigenvalue weighted by Crippen LogP contribution is 2.45. The van der Waals surface area contributed by atoms with E-state index in [1.165, 1.54) is 54.6 Å². The van der Waals surface area contributed by atoms with Crippen LogP contribution in [0, 0.1) is 5.92 Å². The van der Waals surface area contributed by atoms with Crippen molar-refractivity contribution in [1.82, 2.24) is 9.88 Å². The van der Waals surface area contributed by atoms with Crippen LogP contribution in [-0.4, -0.2) is 41.0 Å². The molecule has 0 amide bonds. The third-order valence-electron chi connectivity index (χ3n) is 5.57. The molecule has 2 aromatic rings. The van der Waals surface area contributed by atoms with Crippen LogP contribution < -0.4 is 0 Å². The van der Waals surface area contributed by atoms with Crippen molar-refractivity contribution >= 4 is 22.7 Å². The molecule has 1 aromatic carbocycles. The summed E-state index contributed by atoms with van der Waals surface area (Å²) in [6.45, 7) is 4.87. The van der Waals surface area contributed by atoms with Gasteiger partial charge in [0.1, 0.15) is 0 Å². The molecule has 1 unspecified atom stereocenters. The average molecular weight is 314 g/mol. The van der Waals surface area contributed by atoms with Crippen molar-refractivity contribution in [2.45, 2.75) is 38.1 Å². The van der Waals surface area contributed by atoms with Crippen LogP contribution in [0.1, 0.15) is 36.8 Å². The Balaban J connectivity index is 1.75. The van der Waals surface area contributed by atoms with Crippen LogP contribution >= 0.6 is 11.8 Å². The molecule has 3 atom stereocenters. The van der Waals surface area contributed by atoms with Crippen molar-refractivity contribution in [2.24, 2.45) is 5.92 Å². The molecule has 118 valence electrons. The molecule has 3 heteroatoms. The van der Waals surface area contributed by atoms with E-state index >= 15 is 0 Å². The molecule has 1 aromatic heterocycles. The first kappa shape index (κ1) is 14.6. The van der Waals surface area contributed by atoms with Crippen molar-refractivity contribution in [3.05, 3.63) is 35.5 Å². The number of piperidine rings is 1.